The highest BCUT2D eigenvalue weighted by Crippen LogP contribution is 2.69. The molecule has 0 bridgehead atoms. The number of allylic oxidation sites excluding steroid dienone is 1. The molecule has 0 aliphatic heterocycles. The number of ketones is 1. The van der Waals surface area contributed by atoms with Crippen molar-refractivity contribution >= 4 is 11.8 Å². The first-order valence-corrected chi connectivity index (χ1v) is 11.0. The Kier molecular flexibility index (Phi) is 4.40. The van der Waals surface area contributed by atoms with Crippen LogP contribution in [0.3, 0.4) is 0 Å². The van der Waals surface area contributed by atoms with Gasteiger partial charge in [-0.15, -0.1) is 0 Å². The molecule has 27 heavy (non-hydrogen) atoms. The molecule has 0 saturated heterocycles. The van der Waals surface area contributed by atoms with E-state index in [-0.39, 0.29) is 28.3 Å². The maximum absolute atomic E-state index is 12.5. The van der Waals surface area contributed by atoms with E-state index in [1.54, 1.807) is 0 Å². The number of esters is 1. The molecule has 3 heteroatoms. The second-order valence-electron chi connectivity index (χ2n) is 10.6. The number of Topliss-reactive ketones (excluding diaryl/α,β-unsaturated/α-hetero) is 1. The third kappa shape index (κ3) is 2.59. The molecule has 7 atom stereocenters. The van der Waals surface area contributed by atoms with Gasteiger partial charge in [-0.2, -0.15) is 0 Å². The molecule has 0 aromatic rings. The summed E-state index contributed by atoms with van der Waals surface area (Å²) in [6, 6.07) is 0. The van der Waals surface area contributed by atoms with Crippen molar-refractivity contribution in [1.29, 1.82) is 0 Å². The van der Waals surface area contributed by atoms with Crippen LogP contribution in [0, 0.1) is 34.0 Å². The summed E-state index contributed by atoms with van der Waals surface area (Å²) in [5.41, 5.74) is 1.82. The monoisotopic (exact) mass is 372 g/mol. The summed E-state index contributed by atoms with van der Waals surface area (Å²) in [6.07, 6.45) is 11.5. The van der Waals surface area contributed by atoms with E-state index in [0.717, 1.165) is 38.0 Å². The van der Waals surface area contributed by atoms with Crippen LogP contribution in [0.15, 0.2) is 11.6 Å². The highest BCUT2D eigenvalue weighted by Gasteiger charge is 2.63. The van der Waals surface area contributed by atoms with Gasteiger partial charge in [-0.1, -0.05) is 32.4 Å². The molecular weight excluding hydrogens is 336 g/mol. The number of carbonyl (C=O) groups is 2. The molecule has 0 aromatic heterocycles. The van der Waals surface area contributed by atoms with Crippen LogP contribution in [0.1, 0.15) is 86.0 Å². The predicted molar refractivity (Wildman–Crippen MR) is 106 cm³/mol. The summed E-state index contributed by atoms with van der Waals surface area (Å²) in [5, 5.41) is 0. The fourth-order valence-electron chi connectivity index (χ4n) is 7.81. The fraction of sp³-hybridized carbons (Fsp3) is 0.833. The molecular formula is C24H36O3. The molecule has 4 aliphatic carbocycles. The third-order valence-corrected chi connectivity index (χ3v) is 9.77. The molecule has 0 amide bonds. The Morgan fingerprint density at radius 2 is 1.70 bits per heavy atom. The first kappa shape index (κ1) is 19.2. The summed E-state index contributed by atoms with van der Waals surface area (Å²) in [4.78, 5) is 23.9. The van der Waals surface area contributed by atoms with Crippen molar-refractivity contribution in [3.05, 3.63) is 11.6 Å². The highest BCUT2D eigenvalue weighted by molar-refractivity contribution is 5.83. The SMILES string of the molecule is CC(=O)O[C@H]1CC[C@@]2(C)C(=CC[C@H]3[C@H]2CC[C@]2(C)[C@@H]3CC[C@]2(C)C(C)=O)C1. The van der Waals surface area contributed by atoms with Gasteiger partial charge in [-0.05, 0) is 80.5 Å². The Hall–Kier alpha value is -1.12. The quantitative estimate of drug-likeness (QED) is 0.476. The van der Waals surface area contributed by atoms with E-state index in [0.29, 0.717) is 17.6 Å². The van der Waals surface area contributed by atoms with Crippen LogP contribution in [-0.2, 0) is 14.3 Å². The van der Waals surface area contributed by atoms with E-state index < -0.39 is 0 Å². The lowest BCUT2D eigenvalue weighted by Crippen LogP contribution is -2.53. The highest BCUT2D eigenvalue weighted by atomic mass is 16.5. The molecule has 0 unspecified atom stereocenters. The molecule has 4 aliphatic rings. The Morgan fingerprint density at radius 1 is 1.00 bits per heavy atom. The zero-order chi connectivity index (χ0) is 19.6. The standard InChI is InChI=1S/C24H36O3/c1-15(25)23(4)12-10-21-19-7-6-17-14-18(27-16(2)26)8-11-22(17,3)20(19)9-13-24(21,23)5/h6,18-21H,7-14H2,1-5H3/t18-,19-,20+,21+,22-,23+,24+/m0/s1. The first-order chi connectivity index (χ1) is 12.6. The molecule has 0 N–H and O–H groups in total. The third-order valence-electron chi connectivity index (χ3n) is 9.77. The van der Waals surface area contributed by atoms with Crippen molar-refractivity contribution in [3.8, 4) is 0 Å². The summed E-state index contributed by atoms with van der Waals surface area (Å²) in [5.74, 6) is 2.35. The Labute approximate surface area is 164 Å². The first-order valence-electron chi connectivity index (χ1n) is 11.0. The number of fused-ring (bicyclic) bond motifs is 5. The van der Waals surface area contributed by atoms with Gasteiger partial charge in [0.25, 0.3) is 0 Å². The zero-order valence-corrected chi connectivity index (χ0v) is 17.8. The molecule has 0 radical (unpaired) electrons. The normalized spacial score (nSPS) is 48.7. The maximum Gasteiger partial charge on any atom is 0.302 e. The van der Waals surface area contributed by atoms with Gasteiger partial charge in [0, 0.05) is 18.8 Å². The predicted octanol–water partition coefficient (Wildman–Crippen LogP) is 5.48. The van der Waals surface area contributed by atoms with Gasteiger partial charge in [0.1, 0.15) is 11.9 Å². The summed E-state index contributed by atoms with van der Waals surface area (Å²) >= 11 is 0. The van der Waals surface area contributed by atoms with E-state index in [2.05, 4.69) is 26.8 Å². The Bertz CT molecular complexity index is 694. The molecule has 150 valence electrons. The Morgan fingerprint density at radius 3 is 2.37 bits per heavy atom. The van der Waals surface area contributed by atoms with Gasteiger partial charge >= 0.3 is 5.97 Å². The molecule has 0 heterocycles. The number of ether oxygens (including phenoxy) is 1. The van der Waals surface area contributed by atoms with Gasteiger partial charge in [-0.3, -0.25) is 9.59 Å². The number of rotatable bonds is 2. The minimum absolute atomic E-state index is 0.0692. The van der Waals surface area contributed by atoms with Crippen molar-refractivity contribution in [2.24, 2.45) is 34.0 Å². The molecule has 4 rings (SSSR count). The zero-order valence-electron chi connectivity index (χ0n) is 17.8. The van der Waals surface area contributed by atoms with Gasteiger partial charge in [-0.25, -0.2) is 0 Å². The van der Waals surface area contributed by atoms with Gasteiger partial charge in [0.05, 0.1) is 0 Å². The Balaban J connectivity index is 1.61. The van der Waals surface area contributed by atoms with Gasteiger partial charge in [0.15, 0.2) is 0 Å². The van der Waals surface area contributed by atoms with Crippen LogP contribution in [0.25, 0.3) is 0 Å². The topological polar surface area (TPSA) is 43.4 Å². The van der Waals surface area contributed by atoms with Crippen LogP contribution in [0.2, 0.25) is 0 Å². The lowest BCUT2D eigenvalue weighted by atomic mass is 9.45. The van der Waals surface area contributed by atoms with E-state index in [4.69, 9.17) is 4.74 Å². The molecule has 0 aromatic carbocycles. The summed E-state index contributed by atoms with van der Waals surface area (Å²) in [6.45, 7) is 10.5. The van der Waals surface area contributed by atoms with Crippen molar-refractivity contribution in [2.75, 3.05) is 0 Å². The molecule has 3 saturated carbocycles. The van der Waals surface area contributed by atoms with Crippen LogP contribution in [0.5, 0.6) is 0 Å². The smallest absolute Gasteiger partial charge is 0.302 e. The summed E-state index contributed by atoms with van der Waals surface area (Å²) < 4.78 is 5.54. The van der Waals surface area contributed by atoms with Crippen molar-refractivity contribution < 1.29 is 14.3 Å². The summed E-state index contributed by atoms with van der Waals surface area (Å²) in [7, 11) is 0. The van der Waals surface area contributed by atoms with Crippen LogP contribution in [-0.4, -0.2) is 17.9 Å². The van der Waals surface area contributed by atoms with Crippen LogP contribution in [0.4, 0.5) is 0 Å². The van der Waals surface area contributed by atoms with Crippen molar-refractivity contribution in [1.82, 2.24) is 0 Å². The lowest BCUT2D eigenvalue weighted by molar-refractivity contribution is -0.149. The second-order valence-corrected chi connectivity index (χ2v) is 10.6. The number of hydrogen-bond donors (Lipinski definition) is 0. The number of hydrogen-bond acceptors (Lipinski definition) is 3. The van der Waals surface area contributed by atoms with E-state index in [9.17, 15) is 9.59 Å². The van der Waals surface area contributed by atoms with Crippen LogP contribution < -0.4 is 0 Å². The van der Waals surface area contributed by atoms with E-state index >= 15 is 0 Å². The largest absolute Gasteiger partial charge is 0.462 e. The van der Waals surface area contributed by atoms with E-state index in [1.165, 1.54) is 31.8 Å². The minimum atomic E-state index is -0.152. The number of carbonyl (C=O) groups excluding carboxylic acids is 2. The maximum atomic E-state index is 12.5. The average Bonchev–Trinajstić information content (AvgIpc) is 2.87. The molecule has 3 nitrogen and oxygen atoms in total. The second kappa shape index (κ2) is 6.19. The molecule has 0 spiro atoms. The minimum Gasteiger partial charge on any atom is -0.462 e. The van der Waals surface area contributed by atoms with Gasteiger partial charge < -0.3 is 4.74 Å². The fourth-order valence-corrected chi connectivity index (χ4v) is 7.81. The van der Waals surface area contributed by atoms with Crippen molar-refractivity contribution in [2.45, 2.75) is 92.1 Å². The van der Waals surface area contributed by atoms with Gasteiger partial charge in [0.2, 0.25) is 0 Å². The molecule has 3 fully saturated rings. The average molecular weight is 373 g/mol. The lowest BCUT2D eigenvalue weighted by Gasteiger charge is -2.59. The van der Waals surface area contributed by atoms with E-state index in [1.807, 2.05) is 6.92 Å². The van der Waals surface area contributed by atoms with Crippen molar-refractivity contribution in [3.63, 3.8) is 0 Å². The van der Waals surface area contributed by atoms with Crippen LogP contribution >= 0.6 is 0 Å².